The minimum Gasteiger partial charge on any atom is -0.308 e. The van der Waals surface area contributed by atoms with Crippen molar-refractivity contribution in [3.63, 3.8) is 0 Å². The van der Waals surface area contributed by atoms with Crippen LogP contribution < -0.4 is 5.32 Å². The molecule has 0 amide bonds. The maximum absolute atomic E-state index is 3.68. The van der Waals surface area contributed by atoms with E-state index in [2.05, 4.69) is 36.2 Å². The summed E-state index contributed by atoms with van der Waals surface area (Å²) in [5.41, 5.74) is 0. The largest absolute Gasteiger partial charge is 0.308 e. The quantitative estimate of drug-likeness (QED) is 0.867. The highest BCUT2D eigenvalue weighted by Crippen LogP contribution is 2.16. The lowest BCUT2D eigenvalue weighted by atomic mass is 10.1. The number of likely N-dealkylation sites (N-methyl/N-ethyl adjacent to an activating group) is 1. The van der Waals surface area contributed by atoms with Crippen LogP contribution in [0.5, 0.6) is 0 Å². The predicted octanol–water partition coefficient (Wildman–Crippen LogP) is 2.63. The maximum atomic E-state index is 3.68. The van der Waals surface area contributed by atoms with Crippen LogP contribution in [0.15, 0.2) is 12.1 Å². The average Bonchev–Trinajstić information content (AvgIpc) is 2.73. The molecule has 0 bridgehead atoms. The van der Waals surface area contributed by atoms with Gasteiger partial charge < -0.3 is 10.2 Å². The molecule has 90 valence electrons. The number of nitrogens with zero attached hydrogens (tertiary/aromatic N) is 1. The van der Waals surface area contributed by atoms with E-state index in [0.717, 1.165) is 6.54 Å². The Hall–Kier alpha value is -0.380. The normalized spacial score (nSPS) is 22.5. The van der Waals surface area contributed by atoms with Gasteiger partial charge in [0.15, 0.2) is 0 Å². The second-order valence-electron chi connectivity index (χ2n) is 4.63. The van der Waals surface area contributed by atoms with E-state index in [1.807, 2.05) is 11.3 Å². The fourth-order valence-electron chi connectivity index (χ4n) is 2.33. The number of rotatable bonds is 4. The third kappa shape index (κ3) is 3.30. The van der Waals surface area contributed by atoms with Gasteiger partial charge >= 0.3 is 0 Å². The van der Waals surface area contributed by atoms with Crippen LogP contribution in [0.4, 0.5) is 0 Å². The predicted molar refractivity (Wildman–Crippen MR) is 71.0 cm³/mol. The first-order chi connectivity index (χ1) is 7.78. The van der Waals surface area contributed by atoms with E-state index < -0.39 is 0 Å². The molecule has 0 radical (unpaired) electrons. The summed E-state index contributed by atoms with van der Waals surface area (Å²) >= 11 is 1.91. The lowest BCUT2D eigenvalue weighted by Crippen LogP contribution is -2.45. The minimum absolute atomic E-state index is 0.691. The Kier molecular flexibility index (Phi) is 4.38. The molecule has 1 aliphatic heterocycles. The Morgan fingerprint density at radius 3 is 3.06 bits per heavy atom. The Bertz CT molecular complexity index is 321. The monoisotopic (exact) mass is 238 g/mol. The molecule has 1 atom stereocenters. The maximum Gasteiger partial charge on any atom is 0.0302 e. The third-order valence-electron chi connectivity index (χ3n) is 3.31. The van der Waals surface area contributed by atoms with Gasteiger partial charge in [-0.25, -0.2) is 0 Å². The number of piperidine rings is 1. The van der Waals surface area contributed by atoms with E-state index in [1.165, 1.54) is 42.2 Å². The van der Waals surface area contributed by atoms with E-state index in [0.29, 0.717) is 6.04 Å². The summed E-state index contributed by atoms with van der Waals surface area (Å²) in [6.45, 7) is 9.17. The Morgan fingerprint density at radius 1 is 1.50 bits per heavy atom. The molecule has 2 heterocycles. The topological polar surface area (TPSA) is 15.3 Å². The summed E-state index contributed by atoms with van der Waals surface area (Å²) in [5.74, 6) is 0. The number of likely N-dealkylation sites (tertiary alicyclic amines) is 1. The van der Waals surface area contributed by atoms with Crippen molar-refractivity contribution in [3.05, 3.63) is 21.9 Å². The van der Waals surface area contributed by atoms with Gasteiger partial charge in [0.05, 0.1) is 0 Å². The molecule has 16 heavy (non-hydrogen) atoms. The molecule has 2 rings (SSSR count). The van der Waals surface area contributed by atoms with Gasteiger partial charge in [-0.1, -0.05) is 6.92 Å². The molecular formula is C13H22N2S. The van der Waals surface area contributed by atoms with Gasteiger partial charge in [-0.3, -0.25) is 0 Å². The highest BCUT2D eigenvalue weighted by Gasteiger charge is 2.17. The van der Waals surface area contributed by atoms with E-state index >= 15 is 0 Å². The molecule has 1 unspecified atom stereocenters. The molecule has 1 saturated heterocycles. The summed E-state index contributed by atoms with van der Waals surface area (Å²) in [4.78, 5) is 5.42. The van der Waals surface area contributed by atoms with Crippen LogP contribution in [0.3, 0.4) is 0 Å². The van der Waals surface area contributed by atoms with Crippen LogP contribution in [0.1, 0.15) is 29.5 Å². The van der Waals surface area contributed by atoms with Crippen molar-refractivity contribution in [2.24, 2.45) is 0 Å². The van der Waals surface area contributed by atoms with Crippen LogP contribution in [0.25, 0.3) is 0 Å². The highest BCUT2D eigenvalue weighted by molar-refractivity contribution is 7.11. The van der Waals surface area contributed by atoms with E-state index in [-0.39, 0.29) is 0 Å². The van der Waals surface area contributed by atoms with Crippen molar-refractivity contribution < 1.29 is 0 Å². The van der Waals surface area contributed by atoms with Gasteiger partial charge in [0.2, 0.25) is 0 Å². The third-order valence-corrected chi connectivity index (χ3v) is 4.31. The van der Waals surface area contributed by atoms with E-state index in [1.54, 1.807) is 0 Å². The van der Waals surface area contributed by atoms with Crippen molar-refractivity contribution in [2.45, 2.75) is 39.3 Å². The molecule has 3 heteroatoms. The van der Waals surface area contributed by atoms with Gasteiger partial charge in [0.25, 0.3) is 0 Å². The molecule has 1 N–H and O–H groups in total. The fraction of sp³-hybridized carbons (Fsp3) is 0.692. The van der Waals surface area contributed by atoms with Crippen molar-refractivity contribution in [2.75, 3.05) is 19.6 Å². The molecular weight excluding hydrogens is 216 g/mol. The van der Waals surface area contributed by atoms with Gasteiger partial charge in [-0.05, 0) is 45.0 Å². The fourth-order valence-corrected chi connectivity index (χ4v) is 3.18. The standard InChI is InChI=1S/C13H22N2S/c1-3-15-8-4-5-12(10-15)14-9-13-7-6-11(2)16-13/h6-7,12,14H,3-5,8-10H2,1-2H3. The summed E-state index contributed by atoms with van der Waals surface area (Å²) in [5, 5.41) is 3.68. The Balaban J connectivity index is 1.77. The molecule has 0 aliphatic carbocycles. The number of thiophene rings is 1. The van der Waals surface area contributed by atoms with Crippen LogP contribution in [0, 0.1) is 6.92 Å². The van der Waals surface area contributed by atoms with E-state index in [4.69, 9.17) is 0 Å². The van der Waals surface area contributed by atoms with Crippen LogP contribution in [-0.2, 0) is 6.54 Å². The van der Waals surface area contributed by atoms with E-state index in [9.17, 15) is 0 Å². The van der Waals surface area contributed by atoms with Gasteiger partial charge in [-0.2, -0.15) is 0 Å². The first kappa shape index (κ1) is 12.1. The molecule has 0 spiro atoms. The Morgan fingerprint density at radius 2 is 2.38 bits per heavy atom. The second-order valence-corrected chi connectivity index (χ2v) is 6.00. The minimum atomic E-state index is 0.691. The summed E-state index contributed by atoms with van der Waals surface area (Å²) < 4.78 is 0. The van der Waals surface area contributed by atoms with Gasteiger partial charge in [0.1, 0.15) is 0 Å². The Labute approximate surface area is 103 Å². The van der Waals surface area contributed by atoms with Crippen LogP contribution >= 0.6 is 11.3 Å². The second kappa shape index (κ2) is 5.80. The molecule has 1 aromatic heterocycles. The zero-order chi connectivity index (χ0) is 11.4. The summed E-state index contributed by atoms with van der Waals surface area (Å²) in [7, 11) is 0. The number of hydrogen-bond acceptors (Lipinski definition) is 3. The molecule has 1 aliphatic rings. The number of hydrogen-bond donors (Lipinski definition) is 1. The summed E-state index contributed by atoms with van der Waals surface area (Å²) in [6.07, 6.45) is 2.68. The van der Waals surface area contributed by atoms with Gasteiger partial charge in [0, 0.05) is 28.9 Å². The molecule has 0 saturated carbocycles. The van der Waals surface area contributed by atoms with Crippen LogP contribution in [-0.4, -0.2) is 30.6 Å². The molecule has 0 aromatic carbocycles. The molecule has 2 nitrogen and oxygen atoms in total. The first-order valence-corrected chi connectivity index (χ1v) is 7.10. The van der Waals surface area contributed by atoms with Crippen molar-refractivity contribution in [1.82, 2.24) is 10.2 Å². The summed E-state index contributed by atoms with van der Waals surface area (Å²) in [6, 6.07) is 5.14. The van der Waals surface area contributed by atoms with Crippen LogP contribution in [0.2, 0.25) is 0 Å². The lowest BCUT2D eigenvalue weighted by Gasteiger charge is -2.32. The lowest BCUT2D eigenvalue weighted by molar-refractivity contribution is 0.198. The van der Waals surface area contributed by atoms with Crippen molar-refractivity contribution >= 4 is 11.3 Å². The zero-order valence-corrected chi connectivity index (χ0v) is 11.1. The number of nitrogens with one attached hydrogen (secondary N) is 1. The molecule has 1 aromatic rings. The molecule has 1 fully saturated rings. The SMILES string of the molecule is CCN1CCCC(NCc2ccc(C)s2)C1. The number of aryl methyl sites for hydroxylation is 1. The zero-order valence-electron chi connectivity index (χ0n) is 10.3. The van der Waals surface area contributed by atoms with Crippen molar-refractivity contribution in [3.8, 4) is 0 Å². The van der Waals surface area contributed by atoms with Crippen molar-refractivity contribution in [1.29, 1.82) is 0 Å². The average molecular weight is 238 g/mol. The first-order valence-electron chi connectivity index (χ1n) is 6.29. The van der Waals surface area contributed by atoms with Gasteiger partial charge in [-0.15, -0.1) is 11.3 Å². The smallest absolute Gasteiger partial charge is 0.0302 e. The highest BCUT2D eigenvalue weighted by atomic mass is 32.1.